The lowest BCUT2D eigenvalue weighted by atomic mass is 10.1. The first-order valence-electron chi connectivity index (χ1n) is 6.85. The Morgan fingerprint density at radius 3 is 2.36 bits per heavy atom. The average Bonchev–Trinajstić information content (AvgIpc) is 3.00. The van der Waals surface area contributed by atoms with Crippen molar-refractivity contribution in [3.05, 3.63) is 65.7 Å². The zero-order valence-electron chi connectivity index (χ0n) is 12.1. The van der Waals surface area contributed by atoms with Gasteiger partial charge in [0, 0.05) is 11.6 Å². The first-order chi connectivity index (χ1) is 10.7. The van der Waals surface area contributed by atoms with Crippen molar-refractivity contribution >= 4 is 5.82 Å². The van der Waals surface area contributed by atoms with Crippen LogP contribution in [-0.4, -0.2) is 9.78 Å². The molecule has 0 spiro atoms. The summed E-state index contributed by atoms with van der Waals surface area (Å²) in [4.78, 5) is 0. The summed E-state index contributed by atoms with van der Waals surface area (Å²) in [5.41, 5.74) is 7.24. The van der Waals surface area contributed by atoms with E-state index in [1.165, 1.54) is 5.56 Å². The number of aromatic nitrogens is 2. The molecule has 0 unspecified atom stereocenters. The summed E-state index contributed by atoms with van der Waals surface area (Å²) in [6, 6.07) is 19.5. The van der Waals surface area contributed by atoms with E-state index in [1.807, 2.05) is 30.3 Å². The molecule has 1 aromatic heterocycles. The summed E-state index contributed by atoms with van der Waals surface area (Å²) < 4.78 is 1.81. The molecule has 5 heteroatoms. The van der Waals surface area contributed by atoms with Crippen molar-refractivity contribution in [3.63, 3.8) is 0 Å². The second-order valence-electron chi connectivity index (χ2n) is 5.00. The third-order valence-electron chi connectivity index (χ3n) is 3.45. The van der Waals surface area contributed by atoms with E-state index in [9.17, 15) is 0 Å². The van der Waals surface area contributed by atoms with Crippen LogP contribution in [-0.2, 0) is 0 Å². The highest BCUT2D eigenvalue weighted by atomic mass is 15.4. The highest BCUT2D eigenvalue weighted by molar-refractivity contribution is 5.66. The van der Waals surface area contributed by atoms with Crippen molar-refractivity contribution in [2.45, 2.75) is 6.92 Å². The Morgan fingerprint density at radius 2 is 1.77 bits per heavy atom. The van der Waals surface area contributed by atoms with Crippen LogP contribution in [0.2, 0.25) is 0 Å². The maximum Gasteiger partial charge on any atom is 0.163 e. The molecule has 0 aliphatic carbocycles. The van der Waals surface area contributed by atoms with Gasteiger partial charge >= 0.3 is 0 Å². The Labute approximate surface area is 128 Å². The second-order valence-corrected chi connectivity index (χ2v) is 5.00. The summed E-state index contributed by atoms with van der Waals surface area (Å²) >= 11 is 0. The molecule has 0 atom stereocenters. The second kappa shape index (κ2) is 5.72. The van der Waals surface area contributed by atoms with E-state index < -0.39 is 0 Å². The molecule has 0 bridgehead atoms. The standard InChI is InChI=1S/C17H15N5/c1-12-2-6-14(7-3-12)16-10-17(20-19)21-22(16)15-8-4-13(11-18)5-9-15/h2-10H,19H2,1H3,(H,20,21). The van der Waals surface area contributed by atoms with Gasteiger partial charge in [-0.1, -0.05) is 29.8 Å². The molecule has 5 nitrogen and oxygen atoms in total. The molecule has 3 N–H and O–H groups in total. The largest absolute Gasteiger partial charge is 0.307 e. The van der Waals surface area contributed by atoms with E-state index >= 15 is 0 Å². The number of nitrogen functional groups attached to an aromatic ring is 1. The number of nitriles is 1. The van der Waals surface area contributed by atoms with Crippen LogP contribution in [0, 0.1) is 18.3 Å². The van der Waals surface area contributed by atoms with Gasteiger partial charge in [0.1, 0.15) is 0 Å². The van der Waals surface area contributed by atoms with Gasteiger partial charge in [0.15, 0.2) is 5.82 Å². The van der Waals surface area contributed by atoms with E-state index in [0.717, 1.165) is 16.9 Å². The number of nitrogens with one attached hydrogen (secondary N) is 1. The van der Waals surface area contributed by atoms with Crippen molar-refractivity contribution < 1.29 is 0 Å². The number of hydrazine groups is 1. The Morgan fingerprint density at radius 1 is 1.09 bits per heavy atom. The third-order valence-corrected chi connectivity index (χ3v) is 3.45. The highest BCUT2D eigenvalue weighted by Crippen LogP contribution is 2.26. The SMILES string of the molecule is Cc1ccc(-c2cc(NN)nn2-c2ccc(C#N)cc2)cc1. The molecule has 0 fully saturated rings. The minimum atomic E-state index is 0.583. The highest BCUT2D eigenvalue weighted by Gasteiger charge is 2.11. The number of anilines is 1. The fourth-order valence-electron chi connectivity index (χ4n) is 2.26. The topological polar surface area (TPSA) is 79.7 Å². The number of hydrogen-bond acceptors (Lipinski definition) is 4. The maximum atomic E-state index is 8.90. The molecule has 0 aliphatic rings. The molecule has 0 aliphatic heterocycles. The lowest BCUT2D eigenvalue weighted by Crippen LogP contribution is -2.08. The van der Waals surface area contributed by atoms with Gasteiger partial charge in [-0.15, -0.1) is 5.10 Å². The summed E-state index contributed by atoms with van der Waals surface area (Å²) in [5, 5.41) is 13.4. The van der Waals surface area contributed by atoms with E-state index in [1.54, 1.807) is 16.8 Å². The minimum absolute atomic E-state index is 0.583. The first-order valence-corrected chi connectivity index (χ1v) is 6.85. The van der Waals surface area contributed by atoms with Crippen molar-refractivity contribution in [3.8, 4) is 23.0 Å². The lowest BCUT2D eigenvalue weighted by molar-refractivity contribution is 0.887. The van der Waals surface area contributed by atoms with Crippen LogP contribution in [0.15, 0.2) is 54.6 Å². The summed E-state index contributed by atoms with van der Waals surface area (Å²) in [5.74, 6) is 6.07. The number of aryl methyl sites for hydroxylation is 1. The molecule has 3 aromatic rings. The van der Waals surface area contributed by atoms with Gasteiger partial charge < -0.3 is 5.43 Å². The molecule has 0 saturated heterocycles. The van der Waals surface area contributed by atoms with Gasteiger partial charge in [0.05, 0.1) is 23.0 Å². The normalized spacial score (nSPS) is 10.2. The molecule has 0 saturated carbocycles. The fourth-order valence-corrected chi connectivity index (χ4v) is 2.26. The average molecular weight is 289 g/mol. The number of rotatable bonds is 3. The molecule has 3 rings (SSSR count). The van der Waals surface area contributed by atoms with Crippen LogP contribution < -0.4 is 11.3 Å². The van der Waals surface area contributed by atoms with Crippen molar-refractivity contribution in [1.82, 2.24) is 9.78 Å². The van der Waals surface area contributed by atoms with Gasteiger partial charge in [-0.3, -0.25) is 0 Å². The van der Waals surface area contributed by atoms with Crippen LogP contribution in [0.1, 0.15) is 11.1 Å². The van der Waals surface area contributed by atoms with Crippen molar-refractivity contribution in [2.75, 3.05) is 5.43 Å². The lowest BCUT2D eigenvalue weighted by Gasteiger charge is -2.08. The molecule has 1 heterocycles. The van der Waals surface area contributed by atoms with Crippen LogP contribution in [0.25, 0.3) is 16.9 Å². The molecular weight excluding hydrogens is 274 g/mol. The van der Waals surface area contributed by atoms with E-state index in [-0.39, 0.29) is 0 Å². The van der Waals surface area contributed by atoms with Gasteiger partial charge in [0.2, 0.25) is 0 Å². The number of nitrogens with zero attached hydrogens (tertiary/aromatic N) is 3. The molecule has 108 valence electrons. The Balaban J connectivity index is 2.12. The molecule has 0 radical (unpaired) electrons. The van der Waals surface area contributed by atoms with Crippen LogP contribution >= 0.6 is 0 Å². The van der Waals surface area contributed by atoms with Crippen LogP contribution in [0.5, 0.6) is 0 Å². The number of hydrogen-bond donors (Lipinski definition) is 2. The number of benzene rings is 2. The Kier molecular flexibility index (Phi) is 3.60. The van der Waals surface area contributed by atoms with Gasteiger partial charge in [0.25, 0.3) is 0 Å². The van der Waals surface area contributed by atoms with Crippen LogP contribution in [0.4, 0.5) is 5.82 Å². The monoisotopic (exact) mass is 289 g/mol. The number of nitrogens with two attached hydrogens (primary N) is 1. The summed E-state index contributed by atoms with van der Waals surface area (Å²) in [6.07, 6.45) is 0. The summed E-state index contributed by atoms with van der Waals surface area (Å²) in [6.45, 7) is 2.05. The van der Waals surface area contributed by atoms with Crippen LogP contribution in [0.3, 0.4) is 0 Å². The molecule has 22 heavy (non-hydrogen) atoms. The van der Waals surface area contributed by atoms with Gasteiger partial charge in [-0.05, 0) is 31.2 Å². The van der Waals surface area contributed by atoms with Gasteiger partial charge in [-0.25, -0.2) is 10.5 Å². The van der Waals surface area contributed by atoms with Crippen molar-refractivity contribution in [1.29, 1.82) is 5.26 Å². The maximum absolute atomic E-state index is 8.90. The predicted octanol–water partition coefficient (Wildman–Crippen LogP) is 3.01. The molecule has 0 amide bonds. The molecule has 2 aromatic carbocycles. The quantitative estimate of drug-likeness (QED) is 0.574. The molecular formula is C17H15N5. The third kappa shape index (κ3) is 2.55. The fraction of sp³-hybridized carbons (Fsp3) is 0.0588. The Bertz CT molecular complexity index is 823. The summed E-state index contributed by atoms with van der Waals surface area (Å²) in [7, 11) is 0. The minimum Gasteiger partial charge on any atom is -0.307 e. The van der Waals surface area contributed by atoms with Gasteiger partial charge in [-0.2, -0.15) is 5.26 Å². The zero-order chi connectivity index (χ0) is 15.5. The van der Waals surface area contributed by atoms with E-state index in [0.29, 0.717) is 11.4 Å². The predicted molar refractivity (Wildman–Crippen MR) is 86.3 cm³/mol. The zero-order valence-corrected chi connectivity index (χ0v) is 12.1. The van der Waals surface area contributed by atoms with E-state index in [2.05, 4.69) is 35.7 Å². The van der Waals surface area contributed by atoms with Crippen molar-refractivity contribution in [2.24, 2.45) is 5.84 Å². The Hall–Kier alpha value is -3.10. The first kappa shape index (κ1) is 13.9. The smallest absolute Gasteiger partial charge is 0.163 e. The van der Waals surface area contributed by atoms with E-state index in [4.69, 9.17) is 11.1 Å².